The average Bonchev–Trinajstić information content (AvgIpc) is 2.84. The van der Waals surface area contributed by atoms with Gasteiger partial charge in [0, 0.05) is 13.7 Å². The number of hydrogen-bond acceptors (Lipinski definition) is 5. The lowest BCUT2D eigenvalue weighted by atomic mass is 10.1. The van der Waals surface area contributed by atoms with Gasteiger partial charge in [0.25, 0.3) is 0 Å². The molecule has 1 aliphatic heterocycles. The van der Waals surface area contributed by atoms with Gasteiger partial charge in [-0.25, -0.2) is 13.1 Å². The van der Waals surface area contributed by atoms with Crippen LogP contribution >= 0.6 is 0 Å². The summed E-state index contributed by atoms with van der Waals surface area (Å²) in [6.45, 7) is 2.73. The van der Waals surface area contributed by atoms with Crippen LogP contribution in [-0.4, -0.2) is 41.3 Å². The second-order valence-electron chi connectivity index (χ2n) is 4.97. The van der Waals surface area contributed by atoms with Gasteiger partial charge in [-0.1, -0.05) is 0 Å². The second kappa shape index (κ2) is 5.59. The first kappa shape index (κ1) is 15.1. The van der Waals surface area contributed by atoms with Crippen molar-refractivity contribution in [2.45, 2.75) is 30.4 Å². The Kier molecular flexibility index (Phi) is 4.22. The third-order valence-corrected chi connectivity index (χ3v) is 5.21. The van der Waals surface area contributed by atoms with Crippen molar-refractivity contribution in [2.24, 2.45) is 0 Å². The number of hydrogen-bond donors (Lipinski definition) is 2. The third kappa shape index (κ3) is 2.74. The van der Waals surface area contributed by atoms with Crippen LogP contribution in [0.5, 0.6) is 0 Å². The lowest BCUT2D eigenvalue weighted by Gasteiger charge is -2.30. The SMILES string of the molecule is CNS(=O)(=O)c1ccc(N)c(N(C)C2CCOC2C)c1. The Morgan fingerprint density at radius 1 is 1.45 bits per heavy atom. The highest BCUT2D eigenvalue weighted by Gasteiger charge is 2.29. The zero-order valence-corrected chi connectivity index (χ0v) is 12.8. The molecule has 7 heteroatoms. The van der Waals surface area contributed by atoms with Crippen LogP contribution in [0.2, 0.25) is 0 Å². The monoisotopic (exact) mass is 299 g/mol. The molecule has 0 aromatic heterocycles. The van der Waals surface area contributed by atoms with Crippen LogP contribution in [0.3, 0.4) is 0 Å². The molecule has 1 heterocycles. The molecule has 20 heavy (non-hydrogen) atoms. The number of nitrogens with one attached hydrogen (secondary N) is 1. The van der Waals surface area contributed by atoms with E-state index >= 15 is 0 Å². The lowest BCUT2D eigenvalue weighted by Crippen LogP contribution is -2.37. The molecule has 1 saturated heterocycles. The normalized spacial score (nSPS) is 22.9. The van der Waals surface area contributed by atoms with Crippen molar-refractivity contribution in [1.82, 2.24) is 4.72 Å². The number of ether oxygens (including phenoxy) is 1. The molecule has 2 rings (SSSR count). The Bertz CT molecular complexity index is 589. The Labute approximate surface area is 120 Å². The summed E-state index contributed by atoms with van der Waals surface area (Å²) in [6, 6.07) is 4.93. The summed E-state index contributed by atoms with van der Waals surface area (Å²) < 4.78 is 31.6. The van der Waals surface area contributed by atoms with Gasteiger partial charge in [-0.15, -0.1) is 0 Å². The van der Waals surface area contributed by atoms with Gasteiger partial charge in [0.1, 0.15) is 0 Å². The van der Waals surface area contributed by atoms with Crippen molar-refractivity contribution in [3.63, 3.8) is 0 Å². The van der Waals surface area contributed by atoms with Crippen molar-refractivity contribution in [2.75, 3.05) is 31.3 Å². The number of likely N-dealkylation sites (N-methyl/N-ethyl adjacent to an activating group) is 1. The van der Waals surface area contributed by atoms with E-state index in [2.05, 4.69) is 4.72 Å². The molecule has 2 unspecified atom stereocenters. The minimum absolute atomic E-state index is 0.101. The molecule has 1 aromatic carbocycles. The van der Waals surface area contributed by atoms with E-state index in [1.54, 1.807) is 12.1 Å². The summed E-state index contributed by atoms with van der Waals surface area (Å²) in [6.07, 6.45) is 1.00. The molecule has 0 bridgehead atoms. The van der Waals surface area contributed by atoms with Crippen molar-refractivity contribution < 1.29 is 13.2 Å². The van der Waals surface area contributed by atoms with E-state index in [4.69, 9.17) is 10.5 Å². The van der Waals surface area contributed by atoms with Gasteiger partial charge >= 0.3 is 0 Å². The second-order valence-corrected chi connectivity index (χ2v) is 6.86. The molecule has 2 atom stereocenters. The number of rotatable bonds is 4. The van der Waals surface area contributed by atoms with E-state index in [9.17, 15) is 8.42 Å². The van der Waals surface area contributed by atoms with Crippen LogP contribution in [0.15, 0.2) is 23.1 Å². The number of sulfonamides is 1. The molecule has 0 saturated carbocycles. The van der Waals surface area contributed by atoms with Crippen molar-refractivity contribution in [3.05, 3.63) is 18.2 Å². The summed E-state index contributed by atoms with van der Waals surface area (Å²) >= 11 is 0. The highest BCUT2D eigenvalue weighted by atomic mass is 32.2. The van der Waals surface area contributed by atoms with E-state index in [1.807, 2.05) is 18.9 Å². The molecule has 0 spiro atoms. The lowest BCUT2D eigenvalue weighted by molar-refractivity contribution is 0.118. The quantitative estimate of drug-likeness (QED) is 0.803. The van der Waals surface area contributed by atoms with E-state index in [1.165, 1.54) is 13.1 Å². The molecule has 0 aliphatic carbocycles. The van der Waals surface area contributed by atoms with Crippen molar-refractivity contribution in [3.8, 4) is 0 Å². The number of nitrogens with two attached hydrogens (primary N) is 1. The van der Waals surface area contributed by atoms with E-state index < -0.39 is 10.0 Å². The standard InChI is InChI=1S/C13H21N3O3S/c1-9-12(6-7-19-9)16(3)13-8-10(4-5-11(13)14)20(17,18)15-2/h4-5,8-9,12,15H,6-7,14H2,1-3H3. The van der Waals surface area contributed by atoms with E-state index in [-0.39, 0.29) is 17.0 Å². The fourth-order valence-corrected chi connectivity index (χ4v) is 3.27. The fourth-order valence-electron chi connectivity index (χ4n) is 2.52. The van der Waals surface area contributed by atoms with Gasteiger partial charge in [-0.05, 0) is 38.6 Å². The summed E-state index contributed by atoms with van der Waals surface area (Å²) in [7, 11) is -0.167. The van der Waals surface area contributed by atoms with Gasteiger partial charge in [0.05, 0.1) is 28.4 Å². The van der Waals surface area contributed by atoms with Crippen LogP contribution in [0.4, 0.5) is 11.4 Å². The first-order chi connectivity index (χ1) is 9.36. The van der Waals surface area contributed by atoms with Crippen LogP contribution < -0.4 is 15.4 Å². The Balaban J connectivity index is 2.38. The Morgan fingerprint density at radius 2 is 2.15 bits per heavy atom. The van der Waals surface area contributed by atoms with Gasteiger partial charge in [0.2, 0.25) is 10.0 Å². The minimum Gasteiger partial charge on any atom is -0.397 e. The van der Waals surface area contributed by atoms with Crippen molar-refractivity contribution in [1.29, 1.82) is 0 Å². The zero-order chi connectivity index (χ0) is 14.9. The van der Waals surface area contributed by atoms with Crippen LogP contribution in [-0.2, 0) is 14.8 Å². The molecule has 6 nitrogen and oxygen atoms in total. The fraction of sp³-hybridized carbons (Fsp3) is 0.538. The summed E-state index contributed by atoms with van der Waals surface area (Å²) in [4.78, 5) is 2.21. The molecule has 0 radical (unpaired) electrons. The topological polar surface area (TPSA) is 84.7 Å². The summed E-state index contributed by atoms with van der Waals surface area (Å²) in [5.41, 5.74) is 7.26. The minimum atomic E-state index is -3.47. The molecular weight excluding hydrogens is 278 g/mol. The maximum Gasteiger partial charge on any atom is 0.240 e. The Hall–Kier alpha value is -1.31. The molecule has 0 amide bonds. The average molecular weight is 299 g/mol. The molecule has 3 N–H and O–H groups in total. The number of nitrogen functional groups attached to an aromatic ring is 1. The maximum absolute atomic E-state index is 11.9. The van der Waals surface area contributed by atoms with Crippen molar-refractivity contribution >= 4 is 21.4 Å². The summed E-state index contributed by atoms with van der Waals surface area (Å²) in [5.74, 6) is 0. The highest BCUT2D eigenvalue weighted by Crippen LogP contribution is 2.30. The molecule has 1 aromatic rings. The van der Waals surface area contributed by atoms with Gasteiger partial charge in [-0.2, -0.15) is 0 Å². The Morgan fingerprint density at radius 3 is 2.70 bits per heavy atom. The maximum atomic E-state index is 11.9. The molecule has 1 fully saturated rings. The van der Waals surface area contributed by atoms with E-state index in [0.29, 0.717) is 18.0 Å². The largest absolute Gasteiger partial charge is 0.397 e. The van der Waals surface area contributed by atoms with Gasteiger partial charge in [0.15, 0.2) is 0 Å². The zero-order valence-electron chi connectivity index (χ0n) is 12.0. The van der Waals surface area contributed by atoms with Crippen LogP contribution in [0.25, 0.3) is 0 Å². The third-order valence-electron chi connectivity index (χ3n) is 3.79. The predicted molar refractivity (Wildman–Crippen MR) is 79.3 cm³/mol. The molecule has 1 aliphatic rings. The summed E-state index contributed by atoms with van der Waals surface area (Å²) in [5, 5.41) is 0. The smallest absolute Gasteiger partial charge is 0.240 e. The molecule has 112 valence electrons. The molecular formula is C13H21N3O3S. The van der Waals surface area contributed by atoms with Gasteiger partial charge < -0.3 is 15.4 Å². The highest BCUT2D eigenvalue weighted by molar-refractivity contribution is 7.89. The first-order valence-corrected chi connectivity index (χ1v) is 8.02. The van der Waals surface area contributed by atoms with Gasteiger partial charge in [-0.3, -0.25) is 0 Å². The van der Waals surface area contributed by atoms with E-state index in [0.717, 1.165) is 6.42 Å². The van der Waals surface area contributed by atoms with Crippen LogP contribution in [0, 0.1) is 0 Å². The van der Waals surface area contributed by atoms with Crippen LogP contribution in [0.1, 0.15) is 13.3 Å². The number of anilines is 2. The number of benzene rings is 1. The predicted octanol–water partition coefficient (Wildman–Crippen LogP) is 0.790. The number of nitrogens with zero attached hydrogens (tertiary/aromatic N) is 1. The first-order valence-electron chi connectivity index (χ1n) is 6.54.